The molecule has 0 saturated carbocycles. The number of amides is 1. The summed E-state index contributed by atoms with van der Waals surface area (Å²) < 4.78 is 0. The molecule has 1 saturated heterocycles. The third-order valence-corrected chi connectivity index (χ3v) is 3.17. The molecule has 0 aromatic carbocycles. The van der Waals surface area contributed by atoms with Gasteiger partial charge in [0.25, 0.3) is 0 Å². The lowest BCUT2D eigenvalue weighted by molar-refractivity contribution is -0.126. The number of carbonyl (C=O) groups is 1. The van der Waals surface area contributed by atoms with Gasteiger partial charge in [0.15, 0.2) is 0 Å². The highest BCUT2D eigenvalue weighted by atomic mass is 16.1. The van der Waals surface area contributed by atoms with Crippen LogP contribution in [0.15, 0.2) is 24.4 Å². The molecule has 0 aliphatic carbocycles. The summed E-state index contributed by atoms with van der Waals surface area (Å²) in [7, 11) is 2.07. The van der Waals surface area contributed by atoms with Crippen LogP contribution < -0.4 is 5.32 Å². The Kier molecular flexibility index (Phi) is 4.09. The van der Waals surface area contributed by atoms with Crippen LogP contribution in [0.5, 0.6) is 0 Å². The van der Waals surface area contributed by atoms with Crippen molar-refractivity contribution in [2.75, 3.05) is 20.1 Å². The van der Waals surface area contributed by atoms with Gasteiger partial charge in [0, 0.05) is 12.7 Å². The number of pyridine rings is 1. The highest BCUT2D eigenvalue weighted by molar-refractivity contribution is 5.78. The quantitative estimate of drug-likeness (QED) is 0.848. The second-order valence-electron chi connectivity index (χ2n) is 4.64. The van der Waals surface area contributed by atoms with E-state index in [0.717, 1.165) is 31.6 Å². The molecule has 92 valence electrons. The number of carbonyl (C=O) groups excluding carboxylic acids is 1. The van der Waals surface area contributed by atoms with E-state index in [0.29, 0.717) is 6.54 Å². The molecule has 1 aromatic rings. The van der Waals surface area contributed by atoms with Gasteiger partial charge in [0.05, 0.1) is 18.2 Å². The van der Waals surface area contributed by atoms with Crippen molar-refractivity contribution in [3.63, 3.8) is 0 Å². The van der Waals surface area contributed by atoms with Crippen molar-refractivity contribution in [3.05, 3.63) is 30.1 Å². The molecule has 0 radical (unpaired) electrons. The van der Waals surface area contributed by atoms with Gasteiger partial charge >= 0.3 is 0 Å². The maximum atomic E-state index is 12.0. The molecule has 1 N–H and O–H groups in total. The molecule has 2 heterocycles. The minimum Gasteiger partial charge on any atom is -0.350 e. The van der Waals surface area contributed by atoms with E-state index in [2.05, 4.69) is 22.2 Å². The molecule has 0 spiro atoms. The van der Waals surface area contributed by atoms with Crippen molar-refractivity contribution >= 4 is 5.91 Å². The highest BCUT2D eigenvalue weighted by Crippen LogP contribution is 2.15. The van der Waals surface area contributed by atoms with E-state index in [1.165, 1.54) is 0 Å². The lowest BCUT2D eigenvalue weighted by atomic mass is 9.97. The Morgan fingerprint density at radius 3 is 3.18 bits per heavy atom. The van der Waals surface area contributed by atoms with Crippen molar-refractivity contribution in [3.8, 4) is 0 Å². The molecule has 1 atom stereocenters. The van der Waals surface area contributed by atoms with Gasteiger partial charge in [0.2, 0.25) is 5.91 Å². The van der Waals surface area contributed by atoms with Crippen molar-refractivity contribution in [2.45, 2.75) is 19.4 Å². The predicted octanol–water partition coefficient (Wildman–Crippen LogP) is 1.04. The zero-order valence-electron chi connectivity index (χ0n) is 10.2. The van der Waals surface area contributed by atoms with Crippen LogP contribution in [0.1, 0.15) is 18.5 Å². The third kappa shape index (κ3) is 3.53. The zero-order chi connectivity index (χ0) is 12.1. The largest absolute Gasteiger partial charge is 0.350 e. The van der Waals surface area contributed by atoms with Gasteiger partial charge in [-0.3, -0.25) is 9.78 Å². The van der Waals surface area contributed by atoms with Gasteiger partial charge in [-0.05, 0) is 38.6 Å². The van der Waals surface area contributed by atoms with Crippen LogP contribution in [0, 0.1) is 5.92 Å². The van der Waals surface area contributed by atoms with Gasteiger partial charge in [0.1, 0.15) is 0 Å². The van der Waals surface area contributed by atoms with E-state index < -0.39 is 0 Å². The van der Waals surface area contributed by atoms with Crippen molar-refractivity contribution < 1.29 is 4.79 Å². The van der Waals surface area contributed by atoms with Crippen LogP contribution >= 0.6 is 0 Å². The molecule has 0 bridgehead atoms. The fraction of sp³-hybridized carbons (Fsp3) is 0.538. The molecular formula is C13H19N3O. The van der Waals surface area contributed by atoms with Crippen LogP contribution in [-0.2, 0) is 11.3 Å². The minimum absolute atomic E-state index is 0.137. The molecule has 4 heteroatoms. The molecule has 1 amide bonds. The van der Waals surface area contributed by atoms with Gasteiger partial charge in [-0.25, -0.2) is 0 Å². The number of aromatic nitrogens is 1. The summed E-state index contributed by atoms with van der Waals surface area (Å²) in [5.74, 6) is 0.291. The number of hydrogen-bond donors (Lipinski definition) is 1. The molecule has 2 rings (SSSR count). The number of hydrogen-bond acceptors (Lipinski definition) is 3. The van der Waals surface area contributed by atoms with Gasteiger partial charge in [-0.1, -0.05) is 6.07 Å². The van der Waals surface area contributed by atoms with E-state index in [-0.39, 0.29) is 11.8 Å². The maximum Gasteiger partial charge on any atom is 0.224 e. The second-order valence-corrected chi connectivity index (χ2v) is 4.64. The first-order valence-corrected chi connectivity index (χ1v) is 6.12. The molecule has 1 aromatic heterocycles. The van der Waals surface area contributed by atoms with E-state index in [1.807, 2.05) is 18.2 Å². The Labute approximate surface area is 102 Å². The van der Waals surface area contributed by atoms with E-state index >= 15 is 0 Å². The molecule has 1 aliphatic rings. The Bertz CT molecular complexity index is 366. The molecule has 0 unspecified atom stereocenters. The van der Waals surface area contributed by atoms with Crippen LogP contribution in [0.3, 0.4) is 0 Å². The van der Waals surface area contributed by atoms with Crippen molar-refractivity contribution in [1.82, 2.24) is 15.2 Å². The normalized spacial score (nSPS) is 21.1. The molecule has 17 heavy (non-hydrogen) atoms. The standard InChI is InChI=1S/C13H19N3O/c1-16-8-4-5-11(10-16)13(17)15-9-12-6-2-3-7-14-12/h2-3,6-7,11H,4-5,8-10H2,1H3,(H,15,17)/t11-/m1/s1. The van der Waals surface area contributed by atoms with Crippen LogP contribution in [0.25, 0.3) is 0 Å². The smallest absolute Gasteiger partial charge is 0.224 e. The molecule has 4 nitrogen and oxygen atoms in total. The number of nitrogens with zero attached hydrogens (tertiary/aromatic N) is 2. The zero-order valence-corrected chi connectivity index (χ0v) is 10.2. The van der Waals surface area contributed by atoms with E-state index in [1.54, 1.807) is 6.20 Å². The predicted molar refractivity (Wildman–Crippen MR) is 66.3 cm³/mol. The average Bonchev–Trinajstić information content (AvgIpc) is 2.37. The summed E-state index contributed by atoms with van der Waals surface area (Å²) in [4.78, 5) is 18.4. The summed E-state index contributed by atoms with van der Waals surface area (Å²) >= 11 is 0. The van der Waals surface area contributed by atoms with E-state index in [4.69, 9.17) is 0 Å². The van der Waals surface area contributed by atoms with Crippen molar-refractivity contribution in [2.24, 2.45) is 5.92 Å². The first-order valence-electron chi connectivity index (χ1n) is 6.12. The minimum atomic E-state index is 0.137. The fourth-order valence-corrected chi connectivity index (χ4v) is 2.21. The SMILES string of the molecule is CN1CCC[C@@H](C(=O)NCc2ccccn2)C1. The Morgan fingerprint density at radius 1 is 1.59 bits per heavy atom. The Morgan fingerprint density at radius 2 is 2.47 bits per heavy atom. The highest BCUT2D eigenvalue weighted by Gasteiger charge is 2.23. The Balaban J connectivity index is 1.81. The topological polar surface area (TPSA) is 45.2 Å². The van der Waals surface area contributed by atoms with Crippen LogP contribution in [0.4, 0.5) is 0 Å². The summed E-state index contributed by atoms with van der Waals surface area (Å²) in [5, 5.41) is 2.96. The number of likely N-dealkylation sites (tertiary alicyclic amines) is 1. The monoisotopic (exact) mass is 233 g/mol. The third-order valence-electron chi connectivity index (χ3n) is 3.17. The molecule has 1 aliphatic heterocycles. The number of nitrogens with one attached hydrogen (secondary N) is 1. The lowest BCUT2D eigenvalue weighted by Crippen LogP contribution is -2.41. The first kappa shape index (κ1) is 12.0. The summed E-state index contributed by atoms with van der Waals surface area (Å²) in [6.07, 6.45) is 3.85. The van der Waals surface area contributed by atoms with Crippen LogP contribution in [0.2, 0.25) is 0 Å². The lowest BCUT2D eigenvalue weighted by Gasteiger charge is -2.28. The summed E-state index contributed by atoms with van der Waals surface area (Å²) in [6.45, 7) is 2.50. The van der Waals surface area contributed by atoms with Crippen molar-refractivity contribution in [1.29, 1.82) is 0 Å². The summed E-state index contributed by atoms with van der Waals surface area (Å²) in [5.41, 5.74) is 0.907. The van der Waals surface area contributed by atoms with E-state index in [9.17, 15) is 4.79 Å². The van der Waals surface area contributed by atoms with Crippen LogP contribution in [-0.4, -0.2) is 35.9 Å². The van der Waals surface area contributed by atoms with Gasteiger partial charge < -0.3 is 10.2 Å². The summed E-state index contributed by atoms with van der Waals surface area (Å²) in [6, 6.07) is 5.73. The van der Waals surface area contributed by atoms with Gasteiger partial charge in [-0.15, -0.1) is 0 Å². The first-order chi connectivity index (χ1) is 8.25. The molecular weight excluding hydrogens is 214 g/mol. The fourth-order valence-electron chi connectivity index (χ4n) is 2.21. The molecule has 1 fully saturated rings. The average molecular weight is 233 g/mol. The number of piperidine rings is 1. The second kappa shape index (κ2) is 5.77. The van der Waals surface area contributed by atoms with Gasteiger partial charge in [-0.2, -0.15) is 0 Å². The maximum absolute atomic E-state index is 12.0. The number of rotatable bonds is 3. The Hall–Kier alpha value is -1.42.